The van der Waals surface area contributed by atoms with Crippen molar-refractivity contribution < 1.29 is 14.7 Å². The molecule has 0 bridgehead atoms. The molecule has 6 heteroatoms. The smallest absolute Gasteiger partial charge is 0.307 e. The molecule has 0 fully saturated rings. The fraction of sp³-hybridized carbons (Fsp3) is 0.500. The van der Waals surface area contributed by atoms with E-state index in [2.05, 4.69) is 0 Å². The third-order valence-corrected chi connectivity index (χ3v) is 2.90. The Hall–Kier alpha value is -2.34. The van der Waals surface area contributed by atoms with Gasteiger partial charge in [-0.2, -0.15) is 10.5 Å². The standard InChI is InChI=1S/C12H13N3O3/c13-5-7-15(8-6-14)11(16)9-3-1-2-4-10(9)12(17)18/h1-2,9-10H,3-4,7-8H2,(H,17,18). The van der Waals surface area contributed by atoms with E-state index < -0.39 is 23.7 Å². The average molecular weight is 247 g/mol. The summed E-state index contributed by atoms with van der Waals surface area (Å²) in [5.74, 6) is -2.92. The molecule has 0 aromatic carbocycles. The van der Waals surface area contributed by atoms with Gasteiger partial charge in [0.2, 0.25) is 5.91 Å². The maximum Gasteiger partial charge on any atom is 0.307 e. The zero-order chi connectivity index (χ0) is 13.5. The largest absolute Gasteiger partial charge is 0.481 e. The van der Waals surface area contributed by atoms with E-state index in [1.807, 2.05) is 0 Å². The lowest BCUT2D eigenvalue weighted by atomic mass is 9.82. The van der Waals surface area contributed by atoms with Crippen LogP contribution in [0.1, 0.15) is 12.8 Å². The number of rotatable bonds is 4. The lowest BCUT2D eigenvalue weighted by molar-refractivity contribution is -0.150. The molecule has 0 saturated carbocycles. The van der Waals surface area contributed by atoms with Gasteiger partial charge in [-0.3, -0.25) is 9.59 Å². The Morgan fingerprint density at radius 3 is 2.11 bits per heavy atom. The number of carbonyl (C=O) groups excluding carboxylic acids is 1. The molecule has 0 saturated heterocycles. The molecular formula is C12H13N3O3. The summed E-state index contributed by atoms with van der Waals surface area (Å²) >= 11 is 0. The molecule has 6 nitrogen and oxygen atoms in total. The first-order chi connectivity index (χ1) is 8.61. The summed E-state index contributed by atoms with van der Waals surface area (Å²) in [6, 6.07) is 3.61. The molecule has 2 unspecified atom stereocenters. The van der Waals surface area contributed by atoms with Crippen molar-refractivity contribution in [2.45, 2.75) is 12.8 Å². The molecule has 0 aromatic heterocycles. The van der Waals surface area contributed by atoms with Crippen molar-refractivity contribution in [1.29, 1.82) is 10.5 Å². The maximum absolute atomic E-state index is 12.1. The van der Waals surface area contributed by atoms with Gasteiger partial charge in [-0.25, -0.2) is 0 Å². The Morgan fingerprint density at radius 2 is 1.67 bits per heavy atom. The van der Waals surface area contributed by atoms with E-state index in [-0.39, 0.29) is 13.1 Å². The molecule has 1 amide bonds. The van der Waals surface area contributed by atoms with Gasteiger partial charge in [0.05, 0.1) is 24.0 Å². The normalized spacial score (nSPS) is 21.7. The number of carboxylic acid groups (broad SMARTS) is 1. The molecule has 0 radical (unpaired) electrons. The first-order valence-corrected chi connectivity index (χ1v) is 5.52. The first kappa shape index (κ1) is 13.7. The molecule has 1 aliphatic rings. The monoisotopic (exact) mass is 247 g/mol. The van der Waals surface area contributed by atoms with Crippen molar-refractivity contribution in [2.75, 3.05) is 13.1 Å². The van der Waals surface area contributed by atoms with Gasteiger partial charge < -0.3 is 10.0 Å². The molecule has 0 aliphatic heterocycles. The number of carboxylic acids is 1. The summed E-state index contributed by atoms with van der Waals surface area (Å²) in [6.07, 6.45) is 4.14. The highest BCUT2D eigenvalue weighted by Gasteiger charge is 2.36. The van der Waals surface area contributed by atoms with E-state index in [0.717, 1.165) is 4.90 Å². The Labute approximate surface area is 105 Å². The number of hydrogen-bond acceptors (Lipinski definition) is 4. The van der Waals surface area contributed by atoms with Crippen molar-refractivity contribution in [1.82, 2.24) is 4.90 Å². The van der Waals surface area contributed by atoms with Gasteiger partial charge in [0.25, 0.3) is 0 Å². The number of carbonyl (C=O) groups is 2. The lowest BCUT2D eigenvalue weighted by Crippen LogP contribution is -2.42. The minimum atomic E-state index is -1.02. The van der Waals surface area contributed by atoms with Crippen LogP contribution in [0.2, 0.25) is 0 Å². The summed E-state index contributed by atoms with van der Waals surface area (Å²) in [4.78, 5) is 24.3. The van der Waals surface area contributed by atoms with E-state index in [0.29, 0.717) is 12.8 Å². The van der Waals surface area contributed by atoms with Crippen LogP contribution in [-0.2, 0) is 9.59 Å². The van der Waals surface area contributed by atoms with Crippen LogP contribution in [0.5, 0.6) is 0 Å². The Morgan fingerprint density at radius 1 is 1.17 bits per heavy atom. The molecule has 94 valence electrons. The molecule has 1 rings (SSSR count). The van der Waals surface area contributed by atoms with Gasteiger partial charge in [-0.15, -0.1) is 0 Å². The van der Waals surface area contributed by atoms with Crippen LogP contribution < -0.4 is 0 Å². The van der Waals surface area contributed by atoms with Gasteiger partial charge in [-0.05, 0) is 12.8 Å². The summed E-state index contributed by atoms with van der Waals surface area (Å²) in [7, 11) is 0. The van der Waals surface area contributed by atoms with E-state index in [1.165, 1.54) is 0 Å². The van der Waals surface area contributed by atoms with Gasteiger partial charge in [0.15, 0.2) is 0 Å². The van der Waals surface area contributed by atoms with Crippen LogP contribution in [0.3, 0.4) is 0 Å². The van der Waals surface area contributed by atoms with Crippen LogP contribution in [0, 0.1) is 34.5 Å². The predicted molar refractivity (Wildman–Crippen MR) is 60.8 cm³/mol. The number of amides is 1. The van der Waals surface area contributed by atoms with Crippen molar-refractivity contribution in [2.24, 2.45) is 11.8 Å². The van der Waals surface area contributed by atoms with Crippen LogP contribution in [0.25, 0.3) is 0 Å². The molecule has 0 heterocycles. The number of hydrogen-bond donors (Lipinski definition) is 1. The molecular weight excluding hydrogens is 234 g/mol. The Kier molecular flexibility index (Phi) is 4.89. The van der Waals surface area contributed by atoms with Gasteiger partial charge in [0, 0.05) is 0 Å². The first-order valence-electron chi connectivity index (χ1n) is 5.52. The zero-order valence-electron chi connectivity index (χ0n) is 9.74. The maximum atomic E-state index is 12.1. The number of allylic oxidation sites excluding steroid dienone is 2. The van der Waals surface area contributed by atoms with E-state index in [9.17, 15) is 9.59 Å². The number of nitrogens with zero attached hydrogens (tertiary/aromatic N) is 3. The predicted octanol–water partition coefficient (Wildman–Crippen LogP) is 0.529. The second-order valence-corrected chi connectivity index (χ2v) is 4.00. The van der Waals surface area contributed by atoms with Crippen molar-refractivity contribution in [3.63, 3.8) is 0 Å². The minimum absolute atomic E-state index is 0.195. The zero-order valence-corrected chi connectivity index (χ0v) is 9.74. The van der Waals surface area contributed by atoms with Crippen molar-refractivity contribution in [3.05, 3.63) is 12.2 Å². The van der Waals surface area contributed by atoms with Crippen molar-refractivity contribution >= 4 is 11.9 Å². The molecule has 2 atom stereocenters. The second kappa shape index (κ2) is 6.41. The number of aliphatic carboxylic acids is 1. The summed E-state index contributed by atoms with van der Waals surface area (Å²) in [6.45, 7) is -0.391. The Balaban J connectivity index is 2.86. The molecule has 0 spiro atoms. The molecule has 1 N–H and O–H groups in total. The second-order valence-electron chi connectivity index (χ2n) is 4.00. The van der Waals surface area contributed by atoms with Crippen LogP contribution >= 0.6 is 0 Å². The highest BCUT2D eigenvalue weighted by molar-refractivity contribution is 5.85. The fourth-order valence-corrected chi connectivity index (χ4v) is 1.98. The van der Waals surface area contributed by atoms with E-state index in [4.69, 9.17) is 15.6 Å². The third kappa shape index (κ3) is 3.08. The highest BCUT2D eigenvalue weighted by Crippen LogP contribution is 2.27. The topological polar surface area (TPSA) is 105 Å². The summed E-state index contributed by atoms with van der Waals surface area (Å²) < 4.78 is 0. The van der Waals surface area contributed by atoms with E-state index >= 15 is 0 Å². The highest BCUT2D eigenvalue weighted by atomic mass is 16.4. The van der Waals surface area contributed by atoms with Crippen LogP contribution in [0.15, 0.2) is 12.2 Å². The van der Waals surface area contributed by atoms with Gasteiger partial charge in [0.1, 0.15) is 13.1 Å². The quantitative estimate of drug-likeness (QED) is 0.576. The summed E-state index contributed by atoms with van der Waals surface area (Å²) in [5.41, 5.74) is 0. The SMILES string of the molecule is N#CCN(CC#N)C(=O)C1CC=CCC1C(=O)O. The molecule has 1 aliphatic carbocycles. The molecule has 0 aromatic rings. The van der Waals surface area contributed by atoms with Crippen LogP contribution in [0.4, 0.5) is 0 Å². The van der Waals surface area contributed by atoms with Gasteiger partial charge in [-0.1, -0.05) is 12.2 Å². The fourth-order valence-electron chi connectivity index (χ4n) is 1.98. The molecule has 18 heavy (non-hydrogen) atoms. The van der Waals surface area contributed by atoms with E-state index in [1.54, 1.807) is 24.3 Å². The average Bonchev–Trinajstić information content (AvgIpc) is 2.37. The Bertz CT molecular complexity index is 428. The minimum Gasteiger partial charge on any atom is -0.481 e. The summed E-state index contributed by atoms with van der Waals surface area (Å²) in [5, 5.41) is 26.3. The van der Waals surface area contributed by atoms with Crippen LogP contribution in [-0.4, -0.2) is 35.0 Å². The van der Waals surface area contributed by atoms with Gasteiger partial charge >= 0.3 is 5.97 Å². The van der Waals surface area contributed by atoms with Crippen molar-refractivity contribution in [3.8, 4) is 12.1 Å². The lowest BCUT2D eigenvalue weighted by Gasteiger charge is -2.28. The third-order valence-electron chi connectivity index (χ3n) is 2.90. The number of nitriles is 2.